The van der Waals surface area contributed by atoms with Crippen LogP contribution >= 0.6 is 0 Å². The molecular weight excluding hydrogens is 254 g/mol. The van der Waals surface area contributed by atoms with Gasteiger partial charge in [-0.15, -0.1) is 0 Å². The first-order chi connectivity index (χ1) is 9.50. The van der Waals surface area contributed by atoms with Crippen molar-refractivity contribution >= 4 is 5.97 Å². The Kier molecular flexibility index (Phi) is 7.52. The first-order valence-electron chi connectivity index (χ1n) is 8.03. The van der Waals surface area contributed by atoms with E-state index in [1.165, 1.54) is 0 Å². The molecule has 4 heteroatoms. The maximum Gasteiger partial charge on any atom is 0.310 e. The van der Waals surface area contributed by atoms with Gasteiger partial charge in [0.15, 0.2) is 0 Å². The predicted octanol–water partition coefficient (Wildman–Crippen LogP) is 3.02. The first kappa shape index (κ1) is 17.4. The van der Waals surface area contributed by atoms with E-state index in [1.54, 1.807) is 0 Å². The van der Waals surface area contributed by atoms with Crippen molar-refractivity contribution in [1.82, 2.24) is 4.90 Å². The number of hydrogen-bond donors (Lipinski definition) is 1. The molecule has 0 aromatic heterocycles. The molecule has 0 saturated carbocycles. The normalized spacial score (nSPS) is 24.2. The number of carboxylic acids is 1. The fraction of sp³-hybridized carbons (Fsp3) is 0.938. The lowest BCUT2D eigenvalue weighted by molar-refractivity contribution is -0.153. The van der Waals surface area contributed by atoms with Crippen molar-refractivity contribution in [2.45, 2.75) is 52.9 Å². The number of likely N-dealkylation sites (tertiary alicyclic amines) is 1. The van der Waals surface area contributed by atoms with E-state index >= 15 is 0 Å². The Morgan fingerprint density at radius 1 is 1.40 bits per heavy atom. The molecule has 1 saturated heterocycles. The molecule has 0 bridgehead atoms. The fourth-order valence-corrected chi connectivity index (χ4v) is 3.00. The monoisotopic (exact) mass is 285 g/mol. The topological polar surface area (TPSA) is 49.8 Å². The van der Waals surface area contributed by atoms with Crippen LogP contribution in [0.4, 0.5) is 0 Å². The van der Waals surface area contributed by atoms with Crippen molar-refractivity contribution in [3.8, 4) is 0 Å². The van der Waals surface area contributed by atoms with Crippen molar-refractivity contribution in [2.75, 3.05) is 32.8 Å². The molecule has 20 heavy (non-hydrogen) atoms. The van der Waals surface area contributed by atoms with Crippen molar-refractivity contribution in [2.24, 2.45) is 11.3 Å². The highest BCUT2D eigenvalue weighted by atomic mass is 16.5. The maximum atomic E-state index is 11.6. The minimum absolute atomic E-state index is 0.523. The molecule has 0 spiro atoms. The zero-order valence-corrected chi connectivity index (χ0v) is 13.4. The Morgan fingerprint density at radius 3 is 2.75 bits per heavy atom. The molecule has 0 aliphatic carbocycles. The van der Waals surface area contributed by atoms with Crippen molar-refractivity contribution < 1.29 is 14.6 Å². The number of hydrogen-bond acceptors (Lipinski definition) is 3. The van der Waals surface area contributed by atoms with Crippen molar-refractivity contribution in [1.29, 1.82) is 0 Å². The summed E-state index contributed by atoms with van der Waals surface area (Å²) in [6.07, 6.45) is 4.62. The van der Waals surface area contributed by atoms with Crippen LogP contribution in [-0.2, 0) is 9.53 Å². The number of rotatable bonds is 9. The number of carbonyl (C=O) groups is 1. The molecular formula is C16H31NO3. The summed E-state index contributed by atoms with van der Waals surface area (Å²) in [4.78, 5) is 13.9. The zero-order chi connectivity index (χ0) is 15.0. The van der Waals surface area contributed by atoms with Crippen LogP contribution in [0.3, 0.4) is 0 Å². The van der Waals surface area contributed by atoms with E-state index in [0.29, 0.717) is 19.1 Å². The van der Waals surface area contributed by atoms with Gasteiger partial charge in [-0.05, 0) is 38.1 Å². The minimum Gasteiger partial charge on any atom is -0.481 e. The number of carboxylic acid groups (broad SMARTS) is 1. The van der Waals surface area contributed by atoms with Gasteiger partial charge < -0.3 is 9.84 Å². The van der Waals surface area contributed by atoms with Crippen LogP contribution in [0.2, 0.25) is 0 Å². The summed E-state index contributed by atoms with van der Waals surface area (Å²) in [5.41, 5.74) is -0.523. The Labute approximate surface area is 123 Å². The third-order valence-corrected chi connectivity index (χ3v) is 4.23. The summed E-state index contributed by atoms with van der Waals surface area (Å²) < 4.78 is 5.65. The van der Waals surface area contributed by atoms with E-state index in [-0.39, 0.29) is 0 Å². The van der Waals surface area contributed by atoms with Gasteiger partial charge in [0.25, 0.3) is 0 Å². The fourth-order valence-electron chi connectivity index (χ4n) is 3.00. The van der Waals surface area contributed by atoms with Gasteiger partial charge in [-0.25, -0.2) is 0 Å². The van der Waals surface area contributed by atoms with Gasteiger partial charge in [-0.2, -0.15) is 0 Å². The quantitative estimate of drug-likeness (QED) is 0.662. The highest BCUT2D eigenvalue weighted by molar-refractivity contribution is 5.75. The van der Waals surface area contributed by atoms with E-state index in [2.05, 4.69) is 25.7 Å². The third kappa shape index (κ3) is 5.41. The van der Waals surface area contributed by atoms with Crippen LogP contribution in [0.5, 0.6) is 0 Å². The van der Waals surface area contributed by atoms with Crippen molar-refractivity contribution in [3.05, 3.63) is 0 Å². The Balaban J connectivity index is 2.34. The van der Waals surface area contributed by atoms with Gasteiger partial charge in [-0.1, -0.05) is 27.2 Å². The van der Waals surface area contributed by atoms with Crippen LogP contribution in [-0.4, -0.2) is 48.8 Å². The van der Waals surface area contributed by atoms with E-state index in [4.69, 9.17) is 4.74 Å². The second-order valence-electron chi connectivity index (χ2n) is 6.51. The molecule has 1 atom stereocenters. The lowest BCUT2D eigenvalue weighted by atomic mass is 9.76. The molecule has 0 amide bonds. The van der Waals surface area contributed by atoms with E-state index in [9.17, 15) is 9.90 Å². The van der Waals surface area contributed by atoms with Gasteiger partial charge in [0.05, 0.1) is 12.0 Å². The molecule has 1 rings (SSSR count). The molecule has 1 heterocycles. The average molecular weight is 285 g/mol. The average Bonchev–Trinajstić information content (AvgIpc) is 2.38. The third-order valence-electron chi connectivity index (χ3n) is 4.23. The summed E-state index contributed by atoms with van der Waals surface area (Å²) in [6.45, 7) is 10.5. The number of nitrogens with zero attached hydrogens (tertiary/aromatic N) is 1. The number of ether oxygens (including phenoxy) is 1. The predicted molar refractivity (Wildman–Crippen MR) is 80.9 cm³/mol. The summed E-state index contributed by atoms with van der Waals surface area (Å²) in [7, 11) is 0. The Bertz CT molecular complexity index is 289. The zero-order valence-electron chi connectivity index (χ0n) is 13.4. The van der Waals surface area contributed by atoms with Gasteiger partial charge in [-0.3, -0.25) is 9.69 Å². The van der Waals surface area contributed by atoms with E-state index < -0.39 is 11.4 Å². The summed E-state index contributed by atoms with van der Waals surface area (Å²) in [6, 6.07) is 0. The second kappa shape index (κ2) is 8.63. The molecule has 118 valence electrons. The SMILES string of the molecule is CCCC1(C(=O)O)CCCN(CCOCCC(C)C)C1. The standard InChI is InChI=1S/C16H31NO3/c1-4-7-16(15(18)19)8-5-9-17(13-16)10-12-20-11-6-14(2)3/h14H,4-13H2,1-3H3,(H,18,19). The van der Waals surface area contributed by atoms with Crippen LogP contribution in [0.15, 0.2) is 0 Å². The lowest BCUT2D eigenvalue weighted by Crippen LogP contribution is -2.48. The highest BCUT2D eigenvalue weighted by Crippen LogP contribution is 2.34. The number of piperidine rings is 1. The molecule has 0 aromatic rings. The van der Waals surface area contributed by atoms with Gasteiger partial charge in [0, 0.05) is 19.7 Å². The molecule has 0 aromatic carbocycles. The summed E-state index contributed by atoms with van der Waals surface area (Å²) >= 11 is 0. The largest absolute Gasteiger partial charge is 0.481 e. The lowest BCUT2D eigenvalue weighted by Gasteiger charge is -2.39. The molecule has 4 nitrogen and oxygen atoms in total. The molecule has 1 N–H and O–H groups in total. The first-order valence-corrected chi connectivity index (χ1v) is 8.03. The maximum absolute atomic E-state index is 11.6. The highest BCUT2D eigenvalue weighted by Gasteiger charge is 2.41. The van der Waals surface area contributed by atoms with Crippen LogP contribution in [0, 0.1) is 11.3 Å². The van der Waals surface area contributed by atoms with Gasteiger partial charge in [0.1, 0.15) is 0 Å². The summed E-state index contributed by atoms with van der Waals surface area (Å²) in [5, 5.41) is 9.55. The molecule has 1 aliphatic heterocycles. The minimum atomic E-state index is -0.621. The van der Waals surface area contributed by atoms with Crippen molar-refractivity contribution in [3.63, 3.8) is 0 Å². The smallest absolute Gasteiger partial charge is 0.310 e. The van der Waals surface area contributed by atoms with E-state index in [0.717, 1.165) is 51.8 Å². The Hall–Kier alpha value is -0.610. The van der Waals surface area contributed by atoms with Crippen LogP contribution < -0.4 is 0 Å². The molecule has 0 radical (unpaired) electrons. The number of aliphatic carboxylic acids is 1. The molecule has 1 fully saturated rings. The molecule has 1 unspecified atom stereocenters. The van der Waals surface area contributed by atoms with Crippen LogP contribution in [0.25, 0.3) is 0 Å². The van der Waals surface area contributed by atoms with E-state index in [1.807, 2.05) is 0 Å². The van der Waals surface area contributed by atoms with Gasteiger partial charge >= 0.3 is 5.97 Å². The van der Waals surface area contributed by atoms with Gasteiger partial charge in [0.2, 0.25) is 0 Å². The summed E-state index contributed by atoms with van der Waals surface area (Å²) in [5.74, 6) is 0.0546. The molecule has 1 aliphatic rings. The van der Waals surface area contributed by atoms with Crippen LogP contribution in [0.1, 0.15) is 52.9 Å². The second-order valence-corrected chi connectivity index (χ2v) is 6.51. The Morgan fingerprint density at radius 2 is 2.15 bits per heavy atom.